The highest BCUT2D eigenvalue weighted by molar-refractivity contribution is 5.86. The summed E-state index contributed by atoms with van der Waals surface area (Å²) in [5.41, 5.74) is 5.23. The Morgan fingerprint density at radius 1 is 1.50 bits per heavy atom. The molecule has 1 heterocycles. The van der Waals surface area contributed by atoms with Gasteiger partial charge in [-0.3, -0.25) is 4.79 Å². The van der Waals surface area contributed by atoms with E-state index in [9.17, 15) is 9.59 Å². The van der Waals surface area contributed by atoms with E-state index in [1.165, 1.54) is 0 Å². The number of nitrogens with zero attached hydrogens (tertiary/aromatic N) is 1. The van der Waals surface area contributed by atoms with Crippen LogP contribution in [0.5, 0.6) is 0 Å². The first-order valence-electron chi connectivity index (χ1n) is 6.94. The van der Waals surface area contributed by atoms with Gasteiger partial charge in [-0.25, -0.2) is 0 Å². The van der Waals surface area contributed by atoms with E-state index >= 15 is 0 Å². The fourth-order valence-electron chi connectivity index (χ4n) is 2.28. The molecule has 0 unspecified atom stereocenters. The molecule has 1 amide bonds. The zero-order valence-electron chi connectivity index (χ0n) is 12.4. The normalized spacial score (nSPS) is 24.5. The highest BCUT2D eigenvalue weighted by atomic mass is 16.2. The van der Waals surface area contributed by atoms with E-state index in [1.807, 2.05) is 34.6 Å². The molecule has 1 saturated heterocycles. The fraction of sp³-hybridized carbons (Fsp3) is 0.857. The predicted molar refractivity (Wildman–Crippen MR) is 76.3 cm³/mol. The summed E-state index contributed by atoms with van der Waals surface area (Å²) in [5.74, 6) is 0.310. The van der Waals surface area contributed by atoms with Crippen LogP contribution < -0.4 is 5.73 Å². The van der Waals surface area contributed by atoms with Crippen molar-refractivity contribution in [2.45, 2.75) is 65.5 Å². The first-order valence-corrected chi connectivity index (χ1v) is 6.94. The van der Waals surface area contributed by atoms with Gasteiger partial charge in [0.25, 0.3) is 0 Å². The molecule has 0 spiro atoms. The first-order chi connectivity index (χ1) is 8.40. The molecule has 4 heteroatoms. The van der Waals surface area contributed by atoms with E-state index in [2.05, 4.69) is 0 Å². The lowest BCUT2D eigenvalue weighted by atomic mass is 9.98. The van der Waals surface area contributed by atoms with Gasteiger partial charge in [-0.15, -0.1) is 0 Å². The zero-order chi connectivity index (χ0) is 14.3. The molecule has 108 valence electrons. The van der Waals surface area contributed by atoms with Gasteiger partial charge in [-0.05, 0) is 32.1 Å². The van der Waals surface area contributed by atoms with Crippen molar-refractivity contribution in [3.63, 3.8) is 0 Å². The van der Waals surface area contributed by atoms with Crippen LogP contribution >= 0.6 is 0 Å². The van der Waals surface area contributed by atoms with Crippen molar-refractivity contribution in [1.82, 2.24) is 4.90 Å². The Kier molecular flexibility index (Phi) is 7.14. The summed E-state index contributed by atoms with van der Waals surface area (Å²) in [5, 5.41) is 0. The second-order valence-electron chi connectivity index (χ2n) is 5.30. The lowest BCUT2D eigenvalue weighted by Gasteiger charge is -2.32. The SMILES string of the molecule is CC.CC(C)C[C@H](N)C(=O)N1CCC[C@@]1(C)C=O.[HH]. The van der Waals surface area contributed by atoms with Crippen molar-refractivity contribution < 1.29 is 11.0 Å². The maximum atomic E-state index is 12.1. The van der Waals surface area contributed by atoms with Gasteiger partial charge in [0.15, 0.2) is 0 Å². The van der Waals surface area contributed by atoms with Crippen LogP contribution in [0.3, 0.4) is 0 Å². The average molecular weight is 258 g/mol. The van der Waals surface area contributed by atoms with Crippen LogP contribution in [0.4, 0.5) is 0 Å². The Morgan fingerprint density at radius 2 is 2.06 bits per heavy atom. The van der Waals surface area contributed by atoms with Crippen LogP contribution in [0, 0.1) is 5.92 Å². The third-order valence-electron chi connectivity index (χ3n) is 3.24. The van der Waals surface area contributed by atoms with Crippen molar-refractivity contribution in [2.75, 3.05) is 6.54 Å². The standard InChI is InChI=1S/C12H22N2O2.C2H6.H2/c1-9(2)7-10(13)11(16)14-6-4-5-12(14,3)8-15;1-2;/h8-10H,4-7,13H2,1-3H3;1-2H3;1H/t10-,12-;;/m0../s1. The third kappa shape index (κ3) is 4.09. The Morgan fingerprint density at radius 3 is 2.50 bits per heavy atom. The van der Waals surface area contributed by atoms with E-state index in [0.717, 1.165) is 19.1 Å². The van der Waals surface area contributed by atoms with E-state index in [4.69, 9.17) is 5.73 Å². The number of hydrogen-bond acceptors (Lipinski definition) is 3. The minimum Gasteiger partial charge on any atom is -0.329 e. The average Bonchev–Trinajstić information content (AvgIpc) is 2.73. The summed E-state index contributed by atoms with van der Waals surface area (Å²) in [6, 6.07) is -0.475. The van der Waals surface area contributed by atoms with Crippen molar-refractivity contribution >= 4 is 12.2 Å². The van der Waals surface area contributed by atoms with Crippen LogP contribution in [-0.4, -0.2) is 35.2 Å². The van der Waals surface area contributed by atoms with Gasteiger partial charge in [-0.2, -0.15) is 0 Å². The molecule has 0 aliphatic carbocycles. The van der Waals surface area contributed by atoms with Crippen LogP contribution in [0.25, 0.3) is 0 Å². The van der Waals surface area contributed by atoms with Gasteiger partial charge in [0.1, 0.15) is 6.29 Å². The van der Waals surface area contributed by atoms with Gasteiger partial charge in [-0.1, -0.05) is 27.7 Å². The van der Waals surface area contributed by atoms with Crippen LogP contribution in [0.2, 0.25) is 0 Å². The Balaban J connectivity index is 0. The number of carbonyl (C=O) groups excluding carboxylic acids is 2. The summed E-state index contributed by atoms with van der Waals surface area (Å²) in [7, 11) is 0. The lowest BCUT2D eigenvalue weighted by molar-refractivity contribution is -0.140. The highest BCUT2D eigenvalue weighted by Crippen LogP contribution is 2.27. The van der Waals surface area contributed by atoms with Crippen LogP contribution in [0.15, 0.2) is 0 Å². The minimum absolute atomic E-state index is 0. The van der Waals surface area contributed by atoms with Crippen LogP contribution in [0.1, 0.15) is 55.3 Å². The number of nitrogens with two attached hydrogens (primary N) is 1. The van der Waals surface area contributed by atoms with Crippen molar-refractivity contribution in [2.24, 2.45) is 11.7 Å². The maximum Gasteiger partial charge on any atom is 0.240 e. The number of rotatable bonds is 4. The second-order valence-corrected chi connectivity index (χ2v) is 5.30. The topological polar surface area (TPSA) is 63.4 Å². The number of hydrogen-bond donors (Lipinski definition) is 1. The Hall–Kier alpha value is -0.900. The minimum atomic E-state index is -0.633. The zero-order valence-corrected chi connectivity index (χ0v) is 12.4. The molecular weight excluding hydrogens is 228 g/mol. The molecule has 1 rings (SSSR count). The summed E-state index contributed by atoms with van der Waals surface area (Å²) >= 11 is 0. The maximum absolute atomic E-state index is 12.1. The molecule has 1 aliphatic heterocycles. The van der Waals surface area contributed by atoms with Crippen molar-refractivity contribution in [1.29, 1.82) is 0 Å². The monoisotopic (exact) mass is 258 g/mol. The number of likely N-dealkylation sites (tertiary alicyclic amines) is 1. The largest absolute Gasteiger partial charge is 0.329 e. The molecule has 0 aromatic carbocycles. The Labute approximate surface area is 112 Å². The van der Waals surface area contributed by atoms with Crippen molar-refractivity contribution in [3.05, 3.63) is 0 Å². The Bertz CT molecular complexity index is 285. The molecule has 0 radical (unpaired) electrons. The first kappa shape index (κ1) is 17.1. The third-order valence-corrected chi connectivity index (χ3v) is 3.24. The molecule has 1 fully saturated rings. The number of aldehydes is 1. The lowest BCUT2D eigenvalue weighted by Crippen LogP contribution is -2.52. The van der Waals surface area contributed by atoms with E-state index in [0.29, 0.717) is 18.9 Å². The highest BCUT2D eigenvalue weighted by Gasteiger charge is 2.40. The molecule has 2 N–H and O–H groups in total. The quantitative estimate of drug-likeness (QED) is 0.786. The summed E-state index contributed by atoms with van der Waals surface area (Å²) in [6.45, 7) is 10.5. The fourth-order valence-corrected chi connectivity index (χ4v) is 2.28. The summed E-state index contributed by atoms with van der Waals surface area (Å²) in [4.78, 5) is 24.8. The van der Waals surface area contributed by atoms with E-state index in [1.54, 1.807) is 4.90 Å². The summed E-state index contributed by atoms with van der Waals surface area (Å²) in [6.07, 6.45) is 3.18. The van der Waals surface area contributed by atoms with Gasteiger partial charge in [0.2, 0.25) is 5.91 Å². The number of amides is 1. The molecule has 2 atom stereocenters. The van der Waals surface area contributed by atoms with Gasteiger partial charge < -0.3 is 15.4 Å². The van der Waals surface area contributed by atoms with E-state index in [-0.39, 0.29) is 7.33 Å². The smallest absolute Gasteiger partial charge is 0.240 e. The molecule has 4 nitrogen and oxygen atoms in total. The van der Waals surface area contributed by atoms with Gasteiger partial charge >= 0.3 is 0 Å². The molecule has 0 aromatic heterocycles. The number of carbonyl (C=O) groups is 2. The molecule has 0 saturated carbocycles. The van der Waals surface area contributed by atoms with Gasteiger partial charge in [0.05, 0.1) is 11.6 Å². The molecule has 1 aliphatic rings. The predicted octanol–water partition coefficient (Wildman–Crippen LogP) is 2.21. The second kappa shape index (κ2) is 7.52. The van der Waals surface area contributed by atoms with Crippen molar-refractivity contribution in [3.8, 4) is 0 Å². The van der Waals surface area contributed by atoms with E-state index < -0.39 is 11.6 Å². The molecule has 18 heavy (non-hydrogen) atoms. The van der Waals surface area contributed by atoms with Gasteiger partial charge in [0, 0.05) is 7.97 Å². The molecule has 0 bridgehead atoms. The van der Waals surface area contributed by atoms with Crippen LogP contribution in [-0.2, 0) is 9.59 Å². The molecular formula is C14H30N2O2. The molecule has 0 aromatic rings. The summed E-state index contributed by atoms with van der Waals surface area (Å²) < 4.78 is 0.